The van der Waals surface area contributed by atoms with Gasteiger partial charge in [0, 0.05) is 102 Å². The van der Waals surface area contributed by atoms with Crippen LogP contribution in [0.25, 0.3) is 104 Å². The number of ketones is 2. The molecule has 14 aromatic rings. The van der Waals surface area contributed by atoms with E-state index >= 15 is 0 Å². The quantitative estimate of drug-likeness (QED) is 0.0238. The Kier molecular flexibility index (Phi) is 44.4. The number of aliphatic hydroxyl groups is 2. The number of fused-ring (bicyclic) bond motifs is 3. The van der Waals surface area contributed by atoms with Gasteiger partial charge in [-0.05, 0) is 74.6 Å². The molecule has 14 rings (SSSR count). The molecule has 2 N–H and O–H groups in total. The summed E-state index contributed by atoms with van der Waals surface area (Å²) < 4.78 is 25.7. The Morgan fingerprint density at radius 1 is 0.431 bits per heavy atom. The number of benzene rings is 7. The number of rotatable bonds is 26. The fourth-order valence-corrected chi connectivity index (χ4v) is 24.2. The van der Waals surface area contributed by atoms with Crippen molar-refractivity contribution in [3.05, 3.63) is 305 Å². The van der Waals surface area contributed by atoms with Gasteiger partial charge in [-0.3, -0.25) is 9.59 Å². The monoisotopic (exact) mass is 2490 g/mol. The van der Waals surface area contributed by atoms with E-state index in [4.69, 9.17) is 12.7 Å². The summed E-state index contributed by atoms with van der Waals surface area (Å²) in [4.78, 5) is 42.1. The van der Waals surface area contributed by atoms with E-state index in [2.05, 4.69) is 256 Å². The first-order valence-electron chi connectivity index (χ1n) is 46.5. The first-order chi connectivity index (χ1) is 61.2. The van der Waals surface area contributed by atoms with E-state index in [0.29, 0.717) is 34.9 Å². The van der Waals surface area contributed by atoms with Gasteiger partial charge < -0.3 is 15.2 Å². The maximum atomic E-state index is 11.7. The molecule has 0 bridgehead atoms. The molecule has 7 aromatic heterocycles. The Hall–Kier alpha value is -7.50. The summed E-state index contributed by atoms with van der Waals surface area (Å²) in [6.07, 6.45) is 19.0. The van der Waals surface area contributed by atoms with Gasteiger partial charge >= 0.3 is 481 Å². The summed E-state index contributed by atoms with van der Waals surface area (Å²) in [5.41, 5.74) is 21.8. The van der Waals surface area contributed by atoms with Crippen LogP contribution in [-0.2, 0) is 81.7 Å². The van der Waals surface area contributed by atoms with Crippen LogP contribution in [0.5, 0.6) is 0 Å². The number of allylic oxidation sites excluding steroid dienone is 4. The fraction of sp³-hybridized carbons (Fsp3) is 0.357. The predicted octanol–water partition coefficient (Wildman–Crippen LogP) is 30.1. The molecule has 0 fully saturated rings. The van der Waals surface area contributed by atoms with Crippen molar-refractivity contribution in [2.45, 2.75) is 240 Å². The van der Waals surface area contributed by atoms with Crippen molar-refractivity contribution in [1.82, 2.24) is 19.9 Å². The van der Waals surface area contributed by atoms with Crippen molar-refractivity contribution in [1.29, 1.82) is 0 Å². The molecule has 0 aliphatic heterocycles. The molecule has 7 heterocycles. The van der Waals surface area contributed by atoms with Crippen LogP contribution < -0.4 is 5.19 Å². The summed E-state index contributed by atoms with van der Waals surface area (Å²) in [5, 5.41) is 24.7. The molecule has 7 aromatic carbocycles. The first-order valence-corrected chi connectivity index (χ1v) is 54.2. The fourth-order valence-electron chi connectivity index (χ4n) is 15.7. The van der Waals surface area contributed by atoms with Crippen molar-refractivity contribution in [3.8, 4) is 75.0 Å². The maximum absolute atomic E-state index is 11.7. The zero-order valence-corrected chi connectivity index (χ0v) is 94.2. The van der Waals surface area contributed by atoms with Crippen LogP contribution in [0.4, 0.5) is 0 Å². The van der Waals surface area contributed by atoms with Crippen LogP contribution in [0.2, 0.25) is 19.6 Å². The Bertz CT molecular complexity index is 5910. The molecule has 0 aliphatic carbocycles. The minimum absolute atomic E-state index is 0. The summed E-state index contributed by atoms with van der Waals surface area (Å²) in [6.45, 7) is 50.8. The van der Waals surface area contributed by atoms with Crippen LogP contribution in [0.1, 0.15) is 228 Å². The molecule has 8 nitrogen and oxygen atoms in total. The van der Waals surface area contributed by atoms with Gasteiger partial charge in [-0.15, -0.1) is 35.9 Å². The molecule has 693 valence electrons. The van der Waals surface area contributed by atoms with Crippen LogP contribution in [0, 0.1) is 81.5 Å². The number of nitrogens with zero attached hydrogens (tertiary/aromatic N) is 4. The molecular weight excluding hydrogens is 2340 g/mol. The molecule has 15 heteroatoms. The number of hydrogen-bond donors (Lipinski definition) is 2. The number of aliphatic hydroxyl groups excluding tert-OH is 2. The zero-order valence-electron chi connectivity index (χ0n) is 82.8. The average Bonchev–Trinajstić information content (AvgIpc) is 1.58. The number of carbonyl (C=O) groups is 2. The molecule has 0 spiro atoms. The van der Waals surface area contributed by atoms with E-state index in [9.17, 15) is 19.8 Å². The predicted molar refractivity (Wildman–Crippen MR) is 549 cm³/mol. The van der Waals surface area contributed by atoms with E-state index < -0.39 is 19.9 Å². The van der Waals surface area contributed by atoms with Gasteiger partial charge in [0.15, 0.2) is 11.6 Å². The molecule has 0 saturated heterocycles. The van der Waals surface area contributed by atoms with Crippen LogP contribution >= 0.6 is 0 Å². The van der Waals surface area contributed by atoms with Crippen molar-refractivity contribution in [2.24, 2.45) is 29.6 Å². The topological polar surface area (TPSA) is 126 Å². The van der Waals surface area contributed by atoms with Crippen LogP contribution in [-0.4, -0.2) is 93.3 Å². The second-order valence-corrected chi connectivity index (χ2v) is 48.1. The molecule has 3 radical (unpaired) electrons. The van der Waals surface area contributed by atoms with E-state index in [1.165, 1.54) is 87.6 Å². The number of pyridine rings is 4. The van der Waals surface area contributed by atoms with Gasteiger partial charge in [-0.2, -0.15) is 0 Å². The summed E-state index contributed by atoms with van der Waals surface area (Å²) in [7, 11) is -1.34. The average molecular weight is 2480 g/mol. The van der Waals surface area contributed by atoms with E-state index in [0.717, 1.165) is 136 Å². The Labute approximate surface area is 842 Å². The molecule has 0 saturated carbocycles. The Balaban J connectivity index is 0.000000248. The molecule has 0 atom stereocenters. The third-order valence-electron chi connectivity index (χ3n) is 23.1. The van der Waals surface area contributed by atoms with Gasteiger partial charge in [0.1, 0.15) is 0 Å². The standard InChI is InChI=1S/C27H28NSe.C25H24NSe.C19H12NSe.C18H24NSi.2C13H24O2.3Ir/c1-16(2)22-8-7-9-23(17(3)4)27(22)26-13-21-15-28-24(14-25(21)29-26)20-11-18(5)10-19(6)12-20;1-16-10-17(2)12-19(11-16)22-14-24-20(15-26-22)13-23(27-24)18-6-8-21(9-7-18)25(3,4)5;1-3-7-14(8-4-1)17-12-19-16(13-20-17)11-18(21-19)15-9-5-2-6-10-15;1-14(2)11-16-12-17(15-9-7-6-8-10-15)19-13-18(16)20(3,4)5;2*1-5-10(6-2)12(14)9-13(15)11(7-3)8-4;;;/h7-11,13-17H,1-6H3;6-11,13-15H,1-5H3;1-7,9-13H;6-9,12-14H,11H2,1-5H3;2*9-11,14H,5-8H2,1-4H3;;;/q4*-1;;;;;/i16D,17D;;;;;;;;. The zero-order chi connectivity index (χ0) is 94.2. The van der Waals surface area contributed by atoms with Gasteiger partial charge in [0.05, 0.1) is 19.6 Å². The van der Waals surface area contributed by atoms with Crippen LogP contribution in [0.3, 0.4) is 0 Å². The number of aryl methyl sites for hydroxylation is 4. The molecule has 130 heavy (non-hydrogen) atoms. The van der Waals surface area contributed by atoms with Gasteiger partial charge in [-0.1, -0.05) is 101 Å². The van der Waals surface area contributed by atoms with Crippen LogP contribution in [0.15, 0.2) is 237 Å². The van der Waals surface area contributed by atoms with E-state index in [-0.39, 0.29) is 127 Å². The first kappa shape index (κ1) is 108. The molecule has 0 aliphatic rings. The summed E-state index contributed by atoms with van der Waals surface area (Å²) >= 11 is 0.756. The second-order valence-electron chi connectivity index (χ2n) is 36.2. The van der Waals surface area contributed by atoms with Crippen molar-refractivity contribution in [2.75, 3.05) is 0 Å². The number of aromatic nitrogens is 4. The van der Waals surface area contributed by atoms with E-state index in [1.54, 1.807) is 0 Å². The summed E-state index contributed by atoms with van der Waals surface area (Å²) in [6, 6.07) is 79.6. The van der Waals surface area contributed by atoms with Crippen molar-refractivity contribution in [3.63, 3.8) is 0 Å². The SMILES string of the molecule is CC(C)Cc1cc(-c2[c-]cccc2)ncc1[Si](C)(C)C.CCC(CC)C(=O)C=C(O)C(CC)CC.CCC(CC)C(=O)C=C(O)C(CC)CC.Cc1[c-]c(-c2cc3[se]c(-c4ccc(C(C)(C)C)cc4)cc3cn2)cc(C)c1.[2H]C(C)(C)c1cccc(C([2H])(C)C)c1-c1cc2cnc(-c3[c-]c(C)cc(C)c3)cc2[se]1.[Ir].[Ir].[Ir].[c-]1ccccc1-c1cc2[se]c(-c3ccccc3)cc2cn1. The molecule has 0 unspecified atom stereocenters. The number of hydrogen-bond acceptors (Lipinski definition) is 8. The number of carbonyl (C=O) groups excluding carboxylic acids is 2. The van der Waals surface area contributed by atoms with Gasteiger partial charge in [0.2, 0.25) is 0 Å². The molecule has 0 amide bonds. The van der Waals surface area contributed by atoms with Crippen molar-refractivity contribution >= 4 is 97.3 Å². The third kappa shape index (κ3) is 31.8. The van der Waals surface area contributed by atoms with Crippen molar-refractivity contribution < 1.29 is 82.9 Å². The Morgan fingerprint density at radius 2 is 0.792 bits per heavy atom. The minimum atomic E-state index is -1.34. The second kappa shape index (κ2) is 53.6. The Morgan fingerprint density at radius 3 is 1.15 bits per heavy atom. The van der Waals surface area contributed by atoms with Gasteiger partial charge in [-0.25, -0.2) is 0 Å². The normalized spacial score (nSPS) is 11.9. The van der Waals surface area contributed by atoms with E-state index in [1.807, 2.05) is 156 Å². The third-order valence-corrected chi connectivity index (χ3v) is 32.3. The van der Waals surface area contributed by atoms with Gasteiger partial charge in [0.25, 0.3) is 0 Å². The molecular formula is C115H136Ir3N4O4Se3Si-4. The summed E-state index contributed by atoms with van der Waals surface area (Å²) in [5.74, 6) is 0.289.